The zero-order valence-corrected chi connectivity index (χ0v) is 26.8. The molecule has 232 valence electrons. The van der Waals surface area contributed by atoms with Crippen LogP contribution in [-0.2, 0) is 0 Å². The maximum absolute atomic E-state index is 6.13. The molecule has 3 aromatic heterocycles. The van der Waals surface area contributed by atoms with Crippen LogP contribution in [-0.4, -0.2) is 14.5 Å². The Labute approximate surface area is 286 Å². The van der Waals surface area contributed by atoms with E-state index in [1.54, 1.807) is 0 Å². The lowest BCUT2D eigenvalue weighted by molar-refractivity contribution is 0.653. The number of nitrogens with zero attached hydrogens (tertiary/aromatic N) is 3. The quantitative estimate of drug-likeness (QED) is 0.194. The molecule has 0 aliphatic carbocycles. The summed E-state index contributed by atoms with van der Waals surface area (Å²) in [6, 6.07) is 56.3. The predicted octanol–water partition coefficient (Wildman–Crippen LogP) is 12.3. The van der Waals surface area contributed by atoms with Crippen molar-refractivity contribution in [2.75, 3.05) is 0 Å². The third kappa shape index (κ3) is 3.93. The van der Waals surface area contributed by atoms with Gasteiger partial charge in [-0.05, 0) is 79.8 Å². The normalized spacial score (nSPS) is 12.0. The Kier molecular flexibility index (Phi) is 5.63. The molecule has 0 spiro atoms. The zero-order valence-electron chi connectivity index (χ0n) is 26.8. The Hall–Kier alpha value is -6.78. The van der Waals surface area contributed by atoms with Gasteiger partial charge < -0.3 is 8.98 Å². The van der Waals surface area contributed by atoms with Gasteiger partial charge in [-0.25, -0.2) is 9.97 Å². The van der Waals surface area contributed by atoms with Crippen LogP contribution in [0.15, 0.2) is 168 Å². The highest BCUT2D eigenvalue weighted by molar-refractivity contribution is 6.28. The molecule has 0 bridgehead atoms. The van der Waals surface area contributed by atoms with Gasteiger partial charge in [0.15, 0.2) is 0 Å². The largest absolute Gasteiger partial charge is 0.436 e. The molecule has 4 nitrogen and oxygen atoms in total. The summed E-state index contributed by atoms with van der Waals surface area (Å²) in [4.78, 5) is 9.85. The van der Waals surface area contributed by atoms with Gasteiger partial charge in [-0.2, -0.15) is 0 Å². The van der Waals surface area contributed by atoms with Gasteiger partial charge in [0.2, 0.25) is 5.71 Å². The van der Waals surface area contributed by atoms with E-state index in [9.17, 15) is 0 Å². The standard InChI is InChI=1S/C46H27N3O/c1-4-16-35-28(9-1)19-22-39-42(35)43-36-17-5-2-10-29(36)20-23-40(43)49(39)34-15-8-13-32(26-34)31-12-7-14-33(25-31)38-27-47-46-45(48-38)44-37-18-6-3-11-30(37)21-24-41(44)50-46/h1-27H. The number of fused-ring (bicyclic) bond motifs is 12. The summed E-state index contributed by atoms with van der Waals surface area (Å²) >= 11 is 0. The highest BCUT2D eigenvalue weighted by Gasteiger charge is 2.18. The van der Waals surface area contributed by atoms with E-state index in [1.165, 1.54) is 43.4 Å². The van der Waals surface area contributed by atoms with E-state index in [0.717, 1.165) is 55.3 Å². The fourth-order valence-corrected chi connectivity index (χ4v) is 7.95. The van der Waals surface area contributed by atoms with Crippen LogP contribution in [0.5, 0.6) is 0 Å². The van der Waals surface area contributed by atoms with Crippen molar-refractivity contribution >= 4 is 76.3 Å². The second-order valence-corrected chi connectivity index (χ2v) is 13.0. The molecule has 0 aliphatic rings. The fourth-order valence-electron chi connectivity index (χ4n) is 7.95. The Morgan fingerprint density at radius 3 is 1.70 bits per heavy atom. The first-order chi connectivity index (χ1) is 24.8. The number of hydrogen-bond acceptors (Lipinski definition) is 3. The zero-order chi connectivity index (χ0) is 32.8. The first-order valence-corrected chi connectivity index (χ1v) is 16.9. The summed E-state index contributed by atoms with van der Waals surface area (Å²) in [6.45, 7) is 0. The van der Waals surface area contributed by atoms with Crippen molar-refractivity contribution in [3.05, 3.63) is 164 Å². The maximum Gasteiger partial charge on any atom is 0.246 e. The summed E-state index contributed by atoms with van der Waals surface area (Å²) in [7, 11) is 0. The first-order valence-electron chi connectivity index (χ1n) is 16.9. The van der Waals surface area contributed by atoms with Crippen molar-refractivity contribution in [1.82, 2.24) is 14.5 Å². The van der Waals surface area contributed by atoms with E-state index in [1.807, 2.05) is 12.3 Å². The maximum atomic E-state index is 6.13. The van der Waals surface area contributed by atoms with Crippen molar-refractivity contribution in [3.8, 4) is 28.1 Å². The van der Waals surface area contributed by atoms with E-state index in [0.29, 0.717) is 5.71 Å². The summed E-state index contributed by atoms with van der Waals surface area (Å²) in [6.07, 6.45) is 1.81. The van der Waals surface area contributed by atoms with Crippen molar-refractivity contribution in [1.29, 1.82) is 0 Å². The lowest BCUT2D eigenvalue weighted by Gasteiger charge is -2.11. The molecule has 11 aromatic rings. The van der Waals surface area contributed by atoms with Gasteiger partial charge in [-0.3, -0.25) is 0 Å². The summed E-state index contributed by atoms with van der Waals surface area (Å²) in [5.41, 5.74) is 9.72. The van der Waals surface area contributed by atoms with Crippen LogP contribution in [0, 0.1) is 0 Å². The first kappa shape index (κ1) is 27.2. The van der Waals surface area contributed by atoms with Crippen LogP contribution >= 0.6 is 0 Å². The molecule has 8 aromatic carbocycles. The van der Waals surface area contributed by atoms with Crippen molar-refractivity contribution < 1.29 is 4.42 Å². The highest BCUT2D eigenvalue weighted by Crippen LogP contribution is 2.41. The van der Waals surface area contributed by atoms with Crippen LogP contribution in [0.3, 0.4) is 0 Å². The fraction of sp³-hybridized carbons (Fsp3) is 0. The topological polar surface area (TPSA) is 43.9 Å². The molecule has 0 unspecified atom stereocenters. The molecule has 0 atom stereocenters. The van der Waals surface area contributed by atoms with Crippen LogP contribution < -0.4 is 0 Å². The van der Waals surface area contributed by atoms with Crippen LogP contribution in [0.4, 0.5) is 0 Å². The minimum Gasteiger partial charge on any atom is -0.436 e. The van der Waals surface area contributed by atoms with Crippen LogP contribution in [0.25, 0.3) is 104 Å². The van der Waals surface area contributed by atoms with E-state index < -0.39 is 0 Å². The smallest absolute Gasteiger partial charge is 0.246 e. The highest BCUT2D eigenvalue weighted by atomic mass is 16.3. The van der Waals surface area contributed by atoms with Crippen LogP contribution in [0.2, 0.25) is 0 Å². The third-order valence-electron chi connectivity index (χ3n) is 10.2. The molecule has 0 fully saturated rings. The molecule has 0 saturated heterocycles. The minimum absolute atomic E-state index is 0.552. The molecule has 50 heavy (non-hydrogen) atoms. The Morgan fingerprint density at radius 2 is 1.02 bits per heavy atom. The van der Waals surface area contributed by atoms with E-state index in [4.69, 9.17) is 14.4 Å². The average Bonchev–Trinajstić information content (AvgIpc) is 3.74. The SMILES string of the molecule is c1cc(-c2cccc(-n3c4ccc5ccccc5c4c4c5ccccc5ccc43)c2)cc(-c2cnc3oc4ccc5ccccc5c4c3n2)c1. The summed E-state index contributed by atoms with van der Waals surface area (Å²) in [5, 5.41) is 10.9. The van der Waals surface area contributed by atoms with Gasteiger partial charge in [-0.15, -0.1) is 0 Å². The number of rotatable bonds is 3. The Morgan fingerprint density at radius 1 is 0.460 bits per heavy atom. The number of aromatic nitrogens is 3. The molecule has 0 radical (unpaired) electrons. The van der Waals surface area contributed by atoms with Gasteiger partial charge in [-0.1, -0.05) is 121 Å². The molecule has 0 amide bonds. The van der Waals surface area contributed by atoms with E-state index in [2.05, 4.69) is 156 Å². The molecule has 11 rings (SSSR count). The predicted molar refractivity (Wildman–Crippen MR) is 207 cm³/mol. The Balaban J connectivity index is 1.08. The molecule has 0 aliphatic heterocycles. The lowest BCUT2D eigenvalue weighted by atomic mass is 10.00. The molecular formula is C46H27N3O. The van der Waals surface area contributed by atoms with Gasteiger partial charge in [0, 0.05) is 22.0 Å². The van der Waals surface area contributed by atoms with Gasteiger partial charge >= 0.3 is 0 Å². The molecule has 3 heterocycles. The van der Waals surface area contributed by atoms with Crippen molar-refractivity contribution in [2.24, 2.45) is 0 Å². The second kappa shape index (κ2) is 10.4. The summed E-state index contributed by atoms with van der Waals surface area (Å²) < 4.78 is 8.55. The second-order valence-electron chi connectivity index (χ2n) is 13.0. The van der Waals surface area contributed by atoms with Crippen molar-refractivity contribution in [2.45, 2.75) is 0 Å². The number of benzene rings is 8. The third-order valence-corrected chi connectivity index (χ3v) is 10.2. The molecule has 0 N–H and O–H groups in total. The molecular weight excluding hydrogens is 611 g/mol. The van der Waals surface area contributed by atoms with Crippen LogP contribution in [0.1, 0.15) is 0 Å². The number of hydrogen-bond donors (Lipinski definition) is 0. The molecule has 4 heteroatoms. The lowest BCUT2D eigenvalue weighted by Crippen LogP contribution is -1.94. The molecule has 0 saturated carbocycles. The van der Waals surface area contributed by atoms with E-state index >= 15 is 0 Å². The van der Waals surface area contributed by atoms with Gasteiger partial charge in [0.25, 0.3) is 0 Å². The monoisotopic (exact) mass is 637 g/mol. The minimum atomic E-state index is 0.552. The van der Waals surface area contributed by atoms with E-state index in [-0.39, 0.29) is 0 Å². The van der Waals surface area contributed by atoms with Gasteiger partial charge in [0.05, 0.1) is 28.3 Å². The van der Waals surface area contributed by atoms with Crippen molar-refractivity contribution in [3.63, 3.8) is 0 Å². The Bertz CT molecular complexity index is 3070. The summed E-state index contributed by atoms with van der Waals surface area (Å²) in [5.74, 6) is 0. The van der Waals surface area contributed by atoms with Gasteiger partial charge in [0.1, 0.15) is 11.1 Å². The number of furan rings is 1. The average molecular weight is 638 g/mol.